The van der Waals surface area contributed by atoms with Crippen molar-refractivity contribution in [2.75, 3.05) is 14.2 Å². The maximum atomic E-state index is 12.3. The molecule has 0 aliphatic carbocycles. The molecule has 0 saturated heterocycles. The normalized spacial score (nSPS) is 10.2. The van der Waals surface area contributed by atoms with Gasteiger partial charge in [0.25, 0.3) is 0 Å². The number of methoxy groups -OCH3 is 2. The van der Waals surface area contributed by atoms with Crippen LogP contribution in [0.2, 0.25) is 0 Å². The van der Waals surface area contributed by atoms with E-state index in [9.17, 15) is 28.8 Å². The molecule has 0 radical (unpaired) electrons. The van der Waals surface area contributed by atoms with Gasteiger partial charge >= 0.3 is 11.9 Å². The van der Waals surface area contributed by atoms with Crippen LogP contribution >= 0.6 is 0 Å². The van der Waals surface area contributed by atoms with Crippen molar-refractivity contribution in [2.24, 2.45) is 0 Å². The Morgan fingerprint density at radius 1 is 0.550 bits per heavy atom. The molecule has 10 heteroatoms. The van der Waals surface area contributed by atoms with E-state index in [1.807, 2.05) is 24.3 Å². The van der Waals surface area contributed by atoms with E-state index < -0.39 is 47.9 Å². The summed E-state index contributed by atoms with van der Waals surface area (Å²) in [7, 11) is 2.14. The second-order valence-corrected chi connectivity index (χ2v) is 8.48. The zero-order valence-electron chi connectivity index (χ0n) is 21.8. The Morgan fingerprint density at radius 3 is 1.35 bits per heavy atom. The fourth-order valence-electron chi connectivity index (χ4n) is 3.53. The lowest BCUT2D eigenvalue weighted by atomic mass is 10.1. The van der Waals surface area contributed by atoms with Crippen LogP contribution in [0.4, 0.5) is 0 Å². The first-order valence-corrected chi connectivity index (χ1v) is 12.0. The van der Waals surface area contributed by atoms with Gasteiger partial charge in [0.1, 0.15) is 24.7 Å². The highest BCUT2D eigenvalue weighted by molar-refractivity contribution is 6.38. The molecule has 0 fully saturated rings. The van der Waals surface area contributed by atoms with Crippen LogP contribution in [-0.4, -0.2) is 49.3 Å². The van der Waals surface area contributed by atoms with Crippen LogP contribution in [-0.2, 0) is 41.9 Å². The molecular formula is C30H26O10. The van der Waals surface area contributed by atoms with Crippen LogP contribution in [0.1, 0.15) is 44.7 Å². The zero-order valence-corrected chi connectivity index (χ0v) is 21.8. The highest BCUT2D eigenvalue weighted by Gasteiger charge is 2.20. The third kappa shape index (κ3) is 8.45. The van der Waals surface area contributed by atoms with Crippen LogP contribution < -0.4 is 9.47 Å². The van der Waals surface area contributed by atoms with E-state index in [2.05, 4.69) is 9.47 Å². The molecule has 206 valence electrons. The number of hydrogen-bond acceptors (Lipinski definition) is 10. The molecular weight excluding hydrogens is 520 g/mol. The lowest BCUT2D eigenvalue weighted by molar-refractivity contribution is -0.151. The zero-order chi connectivity index (χ0) is 29.1. The second kappa shape index (κ2) is 14.1. The number of Topliss-reactive ketones (excluding diaryl/α,β-unsaturated/α-hetero) is 4. The van der Waals surface area contributed by atoms with Crippen LogP contribution in [0.15, 0.2) is 72.8 Å². The average molecular weight is 547 g/mol. The molecule has 0 N–H and O–H groups in total. The van der Waals surface area contributed by atoms with Gasteiger partial charge < -0.3 is 18.9 Å². The van der Waals surface area contributed by atoms with Crippen molar-refractivity contribution < 1.29 is 47.7 Å². The average Bonchev–Trinajstić information content (AvgIpc) is 2.98. The molecule has 0 saturated carbocycles. The van der Waals surface area contributed by atoms with Crippen LogP contribution in [0.3, 0.4) is 0 Å². The maximum Gasteiger partial charge on any atom is 0.374 e. The number of carbonyl (C=O) groups excluding carboxylic acids is 6. The van der Waals surface area contributed by atoms with E-state index in [4.69, 9.17) is 9.47 Å². The fraction of sp³-hybridized carbons (Fsp3) is 0.200. The largest absolute Gasteiger partial charge is 0.489 e. The summed E-state index contributed by atoms with van der Waals surface area (Å²) in [5.41, 5.74) is 2.10. The fourth-order valence-corrected chi connectivity index (χ4v) is 3.53. The first kappa shape index (κ1) is 29.4. The smallest absolute Gasteiger partial charge is 0.374 e. The number of ketones is 4. The Labute approximate surface area is 229 Å². The lowest BCUT2D eigenvalue weighted by Crippen LogP contribution is -2.19. The molecule has 0 aromatic heterocycles. The molecule has 3 aromatic rings. The molecule has 0 atom stereocenters. The van der Waals surface area contributed by atoms with Gasteiger partial charge in [-0.3, -0.25) is 19.2 Å². The van der Waals surface area contributed by atoms with E-state index in [1.54, 1.807) is 24.3 Å². The van der Waals surface area contributed by atoms with E-state index in [0.29, 0.717) is 11.5 Å². The van der Waals surface area contributed by atoms with E-state index in [0.717, 1.165) is 25.3 Å². The summed E-state index contributed by atoms with van der Waals surface area (Å²) in [4.78, 5) is 70.5. The number of hydrogen-bond donors (Lipinski definition) is 0. The molecule has 0 bridgehead atoms. The molecule has 40 heavy (non-hydrogen) atoms. The molecule has 10 nitrogen and oxygen atoms in total. The molecule has 0 aliphatic rings. The van der Waals surface area contributed by atoms with Crippen molar-refractivity contribution in [1.29, 1.82) is 0 Å². The molecule has 0 aliphatic heterocycles. The first-order valence-electron chi connectivity index (χ1n) is 12.0. The molecule has 0 unspecified atom stereocenters. The lowest BCUT2D eigenvalue weighted by Gasteiger charge is -2.11. The van der Waals surface area contributed by atoms with Crippen molar-refractivity contribution in [3.05, 3.63) is 95.1 Å². The summed E-state index contributed by atoms with van der Waals surface area (Å²) < 4.78 is 20.3. The topological polar surface area (TPSA) is 139 Å². The number of carbonyl (C=O) groups is 6. The third-order valence-electron chi connectivity index (χ3n) is 5.58. The Kier molecular flexibility index (Phi) is 10.4. The standard InChI is InChI=1S/C30H26O10/c1-37-29(35)27(33)15-25(31)21-8-4-10-23(13-21)39-17-19-6-3-7-20(12-19)18-40-24-11-5-9-22(14-24)26(32)16-28(34)30(36)38-2/h3-14H,15-18H2,1-2H3. The van der Waals surface area contributed by atoms with Gasteiger partial charge in [-0.2, -0.15) is 0 Å². The van der Waals surface area contributed by atoms with Crippen LogP contribution in [0, 0.1) is 0 Å². The van der Waals surface area contributed by atoms with Gasteiger partial charge in [0.05, 0.1) is 27.1 Å². The maximum absolute atomic E-state index is 12.3. The van der Waals surface area contributed by atoms with Crippen molar-refractivity contribution in [3.63, 3.8) is 0 Å². The minimum Gasteiger partial charge on any atom is -0.489 e. The predicted octanol–water partition coefficient (Wildman–Crippen LogP) is 3.47. The van der Waals surface area contributed by atoms with Gasteiger partial charge in [-0.25, -0.2) is 9.59 Å². The molecule has 0 spiro atoms. The van der Waals surface area contributed by atoms with Gasteiger partial charge in [0.15, 0.2) is 11.6 Å². The summed E-state index contributed by atoms with van der Waals surface area (Å²) >= 11 is 0. The number of benzene rings is 3. The Bertz CT molecular complexity index is 1330. The van der Waals surface area contributed by atoms with Gasteiger partial charge in [-0.1, -0.05) is 42.5 Å². The summed E-state index contributed by atoms with van der Waals surface area (Å²) in [6, 6.07) is 20.0. The Morgan fingerprint density at radius 2 is 0.950 bits per heavy atom. The first-order chi connectivity index (χ1) is 19.2. The Balaban J connectivity index is 1.57. The summed E-state index contributed by atoms with van der Waals surface area (Å²) in [5.74, 6) is -4.23. The summed E-state index contributed by atoms with van der Waals surface area (Å²) in [5, 5.41) is 0. The third-order valence-corrected chi connectivity index (χ3v) is 5.58. The number of rotatable bonds is 14. The monoisotopic (exact) mass is 546 g/mol. The van der Waals surface area contributed by atoms with Crippen molar-refractivity contribution >= 4 is 35.1 Å². The minimum absolute atomic E-state index is 0.185. The summed E-state index contributed by atoms with van der Waals surface area (Å²) in [6.45, 7) is 0.371. The van der Waals surface area contributed by atoms with E-state index in [-0.39, 0.29) is 24.3 Å². The second-order valence-electron chi connectivity index (χ2n) is 8.48. The molecule has 3 rings (SSSR count). The molecule has 3 aromatic carbocycles. The van der Waals surface area contributed by atoms with Crippen molar-refractivity contribution in [2.45, 2.75) is 26.1 Å². The molecule has 0 heterocycles. The minimum atomic E-state index is -1.07. The van der Waals surface area contributed by atoms with E-state index >= 15 is 0 Å². The predicted molar refractivity (Wildman–Crippen MR) is 140 cm³/mol. The van der Waals surface area contributed by atoms with Crippen LogP contribution in [0.25, 0.3) is 0 Å². The number of esters is 2. The Hall–Kier alpha value is -5.12. The SMILES string of the molecule is COC(=O)C(=O)CC(=O)c1cccc(OCc2cccc(COc3cccc(C(=O)CC(=O)C(=O)OC)c3)c2)c1. The van der Waals surface area contributed by atoms with E-state index in [1.165, 1.54) is 24.3 Å². The summed E-state index contributed by atoms with van der Waals surface area (Å²) in [6.07, 6.45) is -1.19. The van der Waals surface area contributed by atoms with Gasteiger partial charge in [0.2, 0.25) is 11.6 Å². The molecule has 0 amide bonds. The van der Waals surface area contributed by atoms with Gasteiger partial charge in [-0.05, 0) is 41.5 Å². The van der Waals surface area contributed by atoms with Gasteiger partial charge in [-0.15, -0.1) is 0 Å². The van der Waals surface area contributed by atoms with Crippen molar-refractivity contribution in [3.8, 4) is 11.5 Å². The number of ether oxygens (including phenoxy) is 4. The van der Waals surface area contributed by atoms with Crippen molar-refractivity contribution in [1.82, 2.24) is 0 Å². The quantitative estimate of drug-likeness (QED) is 0.128. The van der Waals surface area contributed by atoms with Crippen LogP contribution in [0.5, 0.6) is 11.5 Å². The highest BCUT2D eigenvalue weighted by atomic mass is 16.5. The van der Waals surface area contributed by atoms with Gasteiger partial charge in [0, 0.05) is 11.1 Å². The highest BCUT2D eigenvalue weighted by Crippen LogP contribution is 2.19.